The Bertz CT molecular complexity index is 535. The van der Waals surface area contributed by atoms with Crippen LogP contribution in [0.1, 0.15) is 0 Å². The van der Waals surface area contributed by atoms with Crippen LogP contribution >= 0.6 is 0 Å². The molecule has 1 aliphatic heterocycles. The van der Waals surface area contributed by atoms with E-state index in [1.54, 1.807) is 0 Å². The van der Waals surface area contributed by atoms with E-state index in [0.717, 1.165) is 0 Å². The third kappa shape index (κ3) is 21.0. The minimum Gasteiger partial charge on any atom is -0.480 e. The van der Waals surface area contributed by atoms with E-state index in [-0.39, 0.29) is 285 Å². The number of hydrogen-bond donors (Lipinski definition) is 4. The molecule has 14 nitrogen and oxygen atoms in total. The summed E-state index contributed by atoms with van der Waals surface area (Å²) >= 11 is 0. The van der Waals surface area contributed by atoms with Gasteiger partial charge in [-0.15, -0.1) is 0 Å². The summed E-state index contributed by atoms with van der Waals surface area (Å²) in [6.07, 6.45) is 0. The van der Waals surface area contributed by atoms with Crippen LogP contribution in [0, 0.1) is 0 Å². The first-order valence-corrected chi connectivity index (χ1v) is 9.96. The van der Waals surface area contributed by atoms with Crippen molar-refractivity contribution >= 4 is 229 Å². The molecule has 0 atom stereocenters. The summed E-state index contributed by atoms with van der Waals surface area (Å²) in [4.78, 5) is 47.7. The van der Waals surface area contributed by atoms with Crippen LogP contribution in [-0.2, 0) is 38.1 Å². The number of hydrogen-bond acceptors (Lipinski definition) is 10. The Kier molecular flexibility index (Phi) is 38.3. The topological polar surface area (TPSA) is 193 Å². The van der Waals surface area contributed by atoms with Crippen molar-refractivity contribution in [3.05, 3.63) is 0 Å². The standard InChI is InChI=1S/C18H30N2O12.4K/c21-15(22)13(16(23)24)19-1-5-29-9-10-31-7-3-20(14(17(25)26)18(27)28)4-8-32-12-11-30-6-2-19;;;;/h13-14H,1-12H2,(H,21,22)(H,23,24)(H,25,26)(H,27,28);;;;. The van der Waals surface area contributed by atoms with Crippen LogP contribution in [0.3, 0.4) is 0 Å². The van der Waals surface area contributed by atoms with Gasteiger partial charge in [-0.2, -0.15) is 0 Å². The molecule has 4 N–H and O–H groups in total. The van der Waals surface area contributed by atoms with Gasteiger partial charge in [0.25, 0.3) is 0 Å². The summed E-state index contributed by atoms with van der Waals surface area (Å²) in [5, 5.41) is 36.8. The second-order valence-corrected chi connectivity index (χ2v) is 6.68. The Hall–Kier alpha value is 4.19. The maximum Gasteiger partial charge on any atom is 0.332 e. The number of rotatable bonds is 6. The quantitative estimate of drug-likeness (QED) is 0.167. The van der Waals surface area contributed by atoms with Gasteiger partial charge in [0.05, 0.1) is 52.9 Å². The normalized spacial score (nSPS) is 17.6. The molecule has 18 heteroatoms. The smallest absolute Gasteiger partial charge is 0.332 e. The predicted molar refractivity (Wildman–Crippen MR) is 128 cm³/mol. The van der Waals surface area contributed by atoms with Crippen molar-refractivity contribution in [1.29, 1.82) is 0 Å². The second-order valence-electron chi connectivity index (χ2n) is 6.68. The van der Waals surface area contributed by atoms with Crippen LogP contribution in [0.5, 0.6) is 0 Å². The van der Waals surface area contributed by atoms with E-state index in [1.807, 2.05) is 0 Å². The fourth-order valence-corrected chi connectivity index (χ4v) is 2.95. The largest absolute Gasteiger partial charge is 0.480 e. The van der Waals surface area contributed by atoms with Crippen molar-refractivity contribution in [3.8, 4) is 0 Å². The molecule has 1 aliphatic rings. The van der Waals surface area contributed by atoms with E-state index in [9.17, 15) is 39.6 Å². The molecule has 0 spiro atoms. The zero-order chi connectivity index (χ0) is 23.9. The zero-order valence-corrected chi connectivity index (χ0v) is 34.1. The summed E-state index contributed by atoms with van der Waals surface area (Å²) in [7, 11) is 0. The van der Waals surface area contributed by atoms with Gasteiger partial charge in [0, 0.05) is 232 Å². The molecular weight excluding hydrogens is 593 g/mol. The Morgan fingerprint density at radius 3 is 0.806 bits per heavy atom. The molecule has 0 amide bonds. The van der Waals surface area contributed by atoms with E-state index in [4.69, 9.17) is 18.9 Å². The first kappa shape index (κ1) is 47.1. The summed E-state index contributed by atoms with van der Waals surface area (Å²) in [6, 6.07) is -3.47. The molecule has 188 valence electrons. The molecule has 0 aromatic heterocycles. The van der Waals surface area contributed by atoms with Crippen molar-refractivity contribution in [2.75, 3.05) is 79.0 Å². The van der Waals surface area contributed by atoms with Gasteiger partial charge in [0.2, 0.25) is 12.1 Å². The summed E-state index contributed by atoms with van der Waals surface area (Å²) in [6.45, 7) is 0.854. The molecule has 0 aromatic carbocycles. The number of carboxylic acid groups (broad SMARTS) is 4. The molecule has 1 fully saturated rings. The van der Waals surface area contributed by atoms with Crippen LogP contribution < -0.4 is 0 Å². The van der Waals surface area contributed by atoms with Gasteiger partial charge < -0.3 is 39.4 Å². The van der Waals surface area contributed by atoms with Crippen molar-refractivity contribution in [2.24, 2.45) is 0 Å². The Labute approximate surface area is 379 Å². The molecule has 0 unspecified atom stereocenters. The fraction of sp³-hybridized carbons (Fsp3) is 0.778. The maximum absolute atomic E-state index is 11.3. The average Bonchev–Trinajstić information content (AvgIpc) is 2.69. The summed E-state index contributed by atoms with van der Waals surface area (Å²) in [5.74, 6) is -5.96. The molecule has 4 radical (unpaired) electrons. The van der Waals surface area contributed by atoms with E-state index in [2.05, 4.69) is 0 Å². The van der Waals surface area contributed by atoms with Gasteiger partial charge in [0.1, 0.15) is 0 Å². The third-order valence-electron chi connectivity index (χ3n) is 4.50. The molecule has 36 heavy (non-hydrogen) atoms. The maximum atomic E-state index is 11.3. The van der Waals surface area contributed by atoms with Crippen molar-refractivity contribution in [2.45, 2.75) is 12.1 Å². The molecule has 0 aliphatic carbocycles. The monoisotopic (exact) mass is 622 g/mol. The van der Waals surface area contributed by atoms with Crippen molar-refractivity contribution in [1.82, 2.24) is 9.80 Å². The van der Waals surface area contributed by atoms with Gasteiger partial charge in [0.15, 0.2) is 0 Å². The predicted octanol–water partition coefficient (Wildman–Crippen LogP) is -3.78. The van der Waals surface area contributed by atoms with E-state index in [0.29, 0.717) is 0 Å². The number of aliphatic carboxylic acids is 4. The SMILES string of the molecule is O=C(O)C(C(=O)O)N1CCOCCOCCN(C(C(=O)O)C(=O)O)CCOCCOCC1.[K].[K].[K].[K]. The van der Waals surface area contributed by atoms with E-state index < -0.39 is 36.0 Å². The first-order chi connectivity index (χ1) is 15.3. The number of carboxylic acids is 4. The van der Waals surface area contributed by atoms with Crippen LogP contribution in [0.2, 0.25) is 0 Å². The van der Waals surface area contributed by atoms with E-state index >= 15 is 0 Å². The minimum absolute atomic E-state index is 0. The summed E-state index contributed by atoms with van der Waals surface area (Å²) < 4.78 is 21.4. The number of nitrogens with zero attached hydrogens (tertiary/aromatic N) is 2. The van der Waals surface area contributed by atoms with Gasteiger partial charge in [-0.05, 0) is 0 Å². The van der Waals surface area contributed by atoms with E-state index in [1.165, 1.54) is 9.80 Å². The number of ether oxygens (including phenoxy) is 4. The van der Waals surface area contributed by atoms with Gasteiger partial charge in [-0.1, -0.05) is 0 Å². The van der Waals surface area contributed by atoms with Crippen molar-refractivity contribution < 1.29 is 58.6 Å². The molecular formula is C18H30K4N2O12. The molecule has 0 saturated carbocycles. The molecule has 1 rings (SSSR count). The van der Waals surface area contributed by atoms with Crippen LogP contribution in [0.15, 0.2) is 0 Å². The Morgan fingerprint density at radius 2 is 0.639 bits per heavy atom. The minimum atomic E-state index is -1.73. The first-order valence-electron chi connectivity index (χ1n) is 9.96. The molecule has 0 bridgehead atoms. The second kappa shape index (κ2) is 29.3. The molecule has 1 saturated heterocycles. The van der Waals surface area contributed by atoms with Crippen LogP contribution in [0.25, 0.3) is 0 Å². The van der Waals surface area contributed by atoms with Gasteiger partial charge in [-0.3, -0.25) is 9.80 Å². The Morgan fingerprint density at radius 1 is 0.444 bits per heavy atom. The van der Waals surface area contributed by atoms with Gasteiger partial charge >= 0.3 is 23.9 Å². The third-order valence-corrected chi connectivity index (χ3v) is 4.50. The number of carbonyl (C=O) groups is 4. The van der Waals surface area contributed by atoms with Crippen molar-refractivity contribution in [3.63, 3.8) is 0 Å². The molecule has 0 aromatic rings. The molecule has 1 heterocycles. The Balaban J connectivity index is -0.00000128. The van der Waals surface area contributed by atoms with Crippen LogP contribution in [-0.4, -0.2) is 351 Å². The van der Waals surface area contributed by atoms with Crippen LogP contribution in [0.4, 0.5) is 0 Å². The summed E-state index contributed by atoms with van der Waals surface area (Å²) in [5.41, 5.74) is 0. The van der Waals surface area contributed by atoms with Gasteiger partial charge in [-0.25, -0.2) is 19.2 Å². The fourth-order valence-electron chi connectivity index (χ4n) is 2.95. The average molecular weight is 623 g/mol. The zero-order valence-electron chi connectivity index (χ0n) is 21.6.